The van der Waals surface area contributed by atoms with Crippen molar-refractivity contribution in [2.45, 2.75) is 0 Å². The summed E-state index contributed by atoms with van der Waals surface area (Å²) in [5.41, 5.74) is 1.32. The third-order valence-corrected chi connectivity index (χ3v) is 4.41. The van der Waals surface area contributed by atoms with Gasteiger partial charge in [0.25, 0.3) is 5.91 Å². The van der Waals surface area contributed by atoms with Gasteiger partial charge in [-0.1, -0.05) is 6.07 Å². The van der Waals surface area contributed by atoms with Crippen molar-refractivity contribution in [3.63, 3.8) is 0 Å². The van der Waals surface area contributed by atoms with Gasteiger partial charge in [0.1, 0.15) is 0 Å². The van der Waals surface area contributed by atoms with Crippen molar-refractivity contribution < 1.29 is 14.6 Å². The normalized spacial score (nSPS) is 19.5. The lowest BCUT2D eigenvalue weighted by atomic mass is 10.1. The van der Waals surface area contributed by atoms with E-state index in [1.807, 2.05) is 17.5 Å². The fraction of sp³-hybridized carbons (Fsp3) is 0.429. The van der Waals surface area contributed by atoms with E-state index in [1.165, 1.54) is 0 Å². The van der Waals surface area contributed by atoms with Crippen molar-refractivity contribution in [2.75, 3.05) is 32.9 Å². The molecule has 3 rings (SSSR count). The molecule has 0 saturated carbocycles. The number of H-pyrrole nitrogens is 1. The molecule has 0 spiro atoms. The number of amides is 1. The van der Waals surface area contributed by atoms with Gasteiger partial charge in [0.2, 0.25) is 0 Å². The molecule has 1 saturated heterocycles. The zero-order valence-corrected chi connectivity index (χ0v) is 12.3. The summed E-state index contributed by atoms with van der Waals surface area (Å²) in [7, 11) is 0. The first-order valence-electron chi connectivity index (χ1n) is 6.84. The van der Waals surface area contributed by atoms with Gasteiger partial charge in [-0.2, -0.15) is 5.10 Å². The molecule has 1 fully saturated rings. The average molecular weight is 307 g/mol. The summed E-state index contributed by atoms with van der Waals surface area (Å²) in [4.78, 5) is 15.4. The highest BCUT2D eigenvalue weighted by Crippen LogP contribution is 2.27. The van der Waals surface area contributed by atoms with E-state index in [0.29, 0.717) is 31.9 Å². The first-order valence-corrected chi connectivity index (χ1v) is 7.72. The molecule has 1 aliphatic heterocycles. The van der Waals surface area contributed by atoms with Gasteiger partial charge in [-0.25, -0.2) is 0 Å². The zero-order valence-electron chi connectivity index (χ0n) is 11.5. The second-order valence-corrected chi connectivity index (χ2v) is 5.96. The maximum absolute atomic E-state index is 12.7. The van der Waals surface area contributed by atoms with Gasteiger partial charge in [-0.3, -0.25) is 9.89 Å². The van der Waals surface area contributed by atoms with Crippen LogP contribution in [0, 0.1) is 5.92 Å². The number of aromatic nitrogens is 2. The molecule has 2 aromatic rings. The molecule has 1 aliphatic rings. The van der Waals surface area contributed by atoms with Crippen molar-refractivity contribution >= 4 is 17.2 Å². The molecule has 6 nitrogen and oxygen atoms in total. The van der Waals surface area contributed by atoms with E-state index in [9.17, 15) is 9.90 Å². The smallest absolute Gasteiger partial charge is 0.257 e. The Morgan fingerprint density at radius 1 is 1.62 bits per heavy atom. The number of hydrogen-bond donors (Lipinski definition) is 2. The minimum absolute atomic E-state index is 0.0208. The number of aromatic amines is 1. The van der Waals surface area contributed by atoms with Crippen LogP contribution in [0.3, 0.4) is 0 Å². The lowest BCUT2D eigenvalue weighted by molar-refractivity contribution is 0.0729. The van der Waals surface area contributed by atoms with E-state index in [-0.39, 0.29) is 18.4 Å². The highest BCUT2D eigenvalue weighted by atomic mass is 32.1. The predicted octanol–water partition coefficient (Wildman–Crippen LogP) is 1.22. The first kappa shape index (κ1) is 14.2. The Hall–Kier alpha value is -1.70. The minimum Gasteiger partial charge on any atom is -0.396 e. The molecule has 7 heteroatoms. The molecule has 0 bridgehead atoms. The maximum atomic E-state index is 12.7. The van der Waals surface area contributed by atoms with Crippen LogP contribution in [0.15, 0.2) is 23.7 Å². The molecule has 0 radical (unpaired) electrons. The van der Waals surface area contributed by atoms with Crippen molar-refractivity contribution in [3.05, 3.63) is 29.3 Å². The van der Waals surface area contributed by atoms with E-state index in [0.717, 1.165) is 10.6 Å². The van der Waals surface area contributed by atoms with Crippen LogP contribution in [-0.4, -0.2) is 59.0 Å². The maximum Gasteiger partial charge on any atom is 0.257 e. The molecule has 2 N–H and O–H groups in total. The number of nitrogens with zero attached hydrogens (tertiary/aromatic N) is 2. The molecular weight excluding hydrogens is 290 g/mol. The van der Waals surface area contributed by atoms with E-state index in [1.54, 1.807) is 22.4 Å². The van der Waals surface area contributed by atoms with Crippen LogP contribution >= 0.6 is 11.3 Å². The second-order valence-electron chi connectivity index (χ2n) is 5.01. The number of aliphatic hydroxyl groups is 1. The van der Waals surface area contributed by atoms with Crippen LogP contribution in [0.1, 0.15) is 10.4 Å². The summed E-state index contributed by atoms with van der Waals surface area (Å²) in [5.74, 6) is -0.107. The number of hydrogen-bond acceptors (Lipinski definition) is 5. The van der Waals surface area contributed by atoms with Gasteiger partial charge >= 0.3 is 0 Å². The van der Waals surface area contributed by atoms with Gasteiger partial charge in [0, 0.05) is 25.6 Å². The molecule has 3 heterocycles. The predicted molar refractivity (Wildman–Crippen MR) is 79.2 cm³/mol. The van der Waals surface area contributed by atoms with Crippen molar-refractivity contribution in [3.8, 4) is 10.6 Å². The molecule has 21 heavy (non-hydrogen) atoms. The fourth-order valence-electron chi connectivity index (χ4n) is 2.40. The van der Waals surface area contributed by atoms with Crippen LogP contribution < -0.4 is 0 Å². The van der Waals surface area contributed by atoms with E-state index in [2.05, 4.69) is 10.2 Å². The number of carbonyl (C=O) groups is 1. The van der Waals surface area contributed by atoms with E-state index < -0.39 is 0 Å². The minimum atomic E-state index is -0.0731. The molecule has 0 aliphatic carbocycles. The van der Waals surface area contributed by atoms with Crippen molar-refractivity contribution in [1.29, 1.82) is 0 Å². The van der Waals surface area contributed by atoms with Crippen molar-refractivity contribution in [2.24, 2.45) is 5.92 Å². The molecule has 1 amide bonds. The number of aliphatic hydroxyl groups excluding tert-OH is 1. The number of ether oxygens (including phenoxy) is 1. The summed E-state index contributed by atoms with van der Waals surface area (Å²) in [6.45, 7) is 2.04. The molecule has 1 atom stereocenters. The van der Waals surface area contributed by atoms with Gasteiger partial charge in [-0.15, -0.1) is 11.3 Å². The standard InChI is InChI=1S/C14H17N3O3S/c18-8-10-7-17(3-4-20-9-10)14(19)11-6-15-16-13(11)12-2-1-5-21-12/h1-2,5-6,10,18H,3-4,7-9H2,(H,15,16)/t10-/m1/s1. The lowest BCUT2D eigenvalue weighted by Gasteiger charge is -2.22. The summed E-state index contributed by atoms with van der Waals surface area (Å²) in [6, 6.07) is 3.90. The topological polar surface area (TPSA) is 78.5 Å². The van der Waals surface area contributed by atoms with E-state index in [4.69, 9.17) is 4.74 Å². The third-order valence-electron chi connectivity index (χ3n) is 3.52. The van der Waals surface area contributed by atoms with Crippen LogP contribution in [0.2, 0.25) is 0 Å². The number of carbonyl (C=O) groups excluding carboxylic acids is 1. The molecule has 2 aromatic heterocycles. The molecule has 112 valence electrons. The fourth-order valence-corrected chi connectivity index (χ4v) is 3.14. The highest BCUT2D eigenvalue weighted by molar-refractivity contribution is 7.13. The first-order chi connectivity index (χ1) is 10.3. The van der Waals surface area contributed by atoms with Gasteiger partial charge in [0.05, 0.1) is 35.5 Å². The number of thiophene rings is 1. The average Bonchev–Trinajstić information content (AvgIpc) is 3.13. The number of nitrogens with one attached hydrogen (secondary N) is 1. The zero-order chi connectivity index (χ0) is 14.7. The summed E-state index contributed by atoms with van der Waals surface area (Å²) in [5, 5.41) is 18.2. The number of rotatable bonds is 3. The lowest BCUT2D eigenvalue weighted by Crippen LogP contribution is -2.36. The Bertz CT molecular complexity index is 596. The van der Waals surface area contributed by atoms with Gasteiger partial charge < -0.3 is 14.7 Å². The van der Waals surface area contributed by atoms with Gasteiger partial charge in [0.15, 0.2) is 0 Å². The summed E-state index contributed by atoms with van der Waals surface area (Å²) >= 11 is 1.56. The summed E-state index contributed by atoms with van der Waals surface area (Å²) in [6.07, 6.45) is 1.57. The molecule has 0 aromatic carbocycles. The SMILES string of the molecule is O=C(c1cn[nH]c1-c1cccs1)N1CCOC[C@@H](CO)C1. The Balaban J connectivity index is 1.83. The Kier molecular flexibility index (Phi) is 4.33. The Labute approximate surface area is 126 Å². The van der Waals surface area contributed by atoms with Crippen LogP contribution in [0.5, 0.6) is 0 Å². The van der Waals surface area contributed by atoms with E-state index >= 15 is 0 Å². The quantitative estimate of drug-likeness (QED) is 0.893. The largest absolute Gasteiger partial charge is 0.396 e. The van der Waals surface area contributed by atoms with Crippen molar-refractivity contribution in [1.82, 2.24) is 15.1 Å². The summed E-state index contributed by atoms with van der Waals surface area (Å²) < 4.78 is 5.42. The van der Waals surface area contributed by atoms with Crippen LogP contribution in [0.25, 0.3) is 10.6 Å². The Morgan fingerprint density at radius 3 is 3.29 bits per heavy atom. The third kappa shape index (κ3) is 2.99. The highest BCUT2D eigenvalue weighted by Gasteiger charge is 2.26. The van der Waals surface area contributed by atoms with Gasteiger partial charge in [-0.05, 0) is 11.4 Å². The van der Waals surface area contributed by atoms with Crippen LogP contribution in [0.4, 0.5) is 0 Å². The molecule has 0 unspecified atom stereocenters. The monoisotopic (exact) mass is 307 g/mol. The Morgan fingerprint density at radius 2 is 2.52 bits per heavy atom. The second kappa shape index (κ2) is 6.38. The molecular formula is C14H17N3O3S. The van der Waals surface area contributed by atoms with Crippen LogP contribution in [-0.2, 0) is 4.74 Å².